The van der Waals surface area contributed by atoms with E-state index in [4.69, 9.17) is 16.3 Å². The highest BCUT2D eigenvalue weighted by atomic mass is 35.5. The van der Waals surface area contributed by atoms with Gasteiger partial charge in [-0.15, -0.1) is 11.8 Å². The predicted octanol–water partition coefficient (Wildman–Crippen LogP) is 6.80. The summed E-state index contributed by atoms with van der Waals surface area (Å²) in [5.74, 6) is -0.321. The van der Waals surface area contributed by atoms with Gasteiger partial charge in [-0.05, 0) is 78.7 Å². The predicted molar refractivity (Wildman–Crippen MR) is 165 cm³/mol. The molecule has 4 aromatic rings. The van der Waals surface area contributed by atoms with Crippen LogP contribution in [0.2, 0.25) is 5.02 Å². The first-order chi connectivity index (χ1) is 19.8. The average molecular weight is 586 g/mol. The number of amides is 3. The molecule has 0 spiro atoms. The molecule has 3 amide bonds. The number of hydrogen-bond donors (Lipinski definition) is 3. The van der Waals surface area contributed by atoms with Crippen LogP contribution in [0, 0.1) is 6.92 Å². The molecule has 0 heterocycles. The summed E-state index contributed by atoms with van der Waals surface area (Å²) in [4.78, 5) is 39.3. The number of benzene rings is 4. The maximum Gasteiger partial charge on any atom is 0.272 e. The number of carbonyl (C=O) groups is 3. The fourth-order valence-electron chi connectivity index (χ4n) is 3.77. The summed E-state index contributed by atoms with van der Waals surface area (Å²) in [5, 5.41) is 8.81. The van der Waals surface area contributed by atoms with Crippen molar-refractivity contribution in [3.05, 3.63) is 124 Å². The minimum atomic E-state index is -0.463. The molecule has 0 atom stereocenters. The molecule has 0 radical (unpaired) electrons. The Kier molecular flexibility index (Phi) is 10.2. The minimum Gasteiger partial charge on any atom is -0.495 e. The standard InChI is InChI=1S/C32H28ClN3O4S/c1-21-8-6-7-11-23(21)18-28(36-31(38)22-9-4-3-5-10-22)32(39)35-24-12-15-26(16-13-24)41-20-30(37)34-25-14-17-29(40-2)27(33)19-25/h3-19H,20H2,1-2H3,(H,34,37)(H,35,39)(H,36,38)/b28-18-. The van der Waals surface area contributed by atoms with Gasteiger partial charge in [-0.3, -0.25) is 14.4 Å². The zero-order chi connectivity index (χ0) is 29.2. The molecule has 0 bridgehead atoms. The van der Waals surface area contributed by atoms with Crippen LogP contribution in [0.4, 0.5) is 11.4 Å². The molecule has 0 saturated heterocycles. The average Bonchev–Trinajstić information content (AvgIpc) is 2.98. The van der Waals surface area contributed by atoms with E-state index in [0.717, 1.165) is 16.0 Å². The molecule has 0 aromatic heterocycles. The maximum atomic E-state index is 13.3. The lowest BCUT2D eigenvalue weighted by molar-refractivity contribution is -0.114. The van der Waals surface area contributed by atoms with Gasteiger partial charge in [0.1, 0.15) is 11.4 Å². The summed E-state index contributed by atoms with van der Waals surface area (Å²) in [6.45, 7) is 1.93. The van der Waals surface area contributed by atoms with Crippen LogP contribution in [-0.4, -0.2) is 30.6 Å². The Labute approximate surface area is 248 Å². The molecule has 3 N–H and O–H groups in total. The van der Waals surface area contributed by atoms with Gasteiger partial charge in [-0.25, -0.2) is 0 Å². The van der Waals surface area contributed by atoms with Crippen molar-refractivity contribution in [1.29, 1.82) is 0 Å². The molecule has 9 heteroatoms. The van der Waals surface area contributed by atoms with E-state index in [-0.39, 0.29) is 23.3 Å². The largest absolute Gasteiger partial charge is 0.495 e. The van der Waals surface area contributed by atoms with Gasteiger partial charge in [0.25, 0.3) is 11.8 Å². The van der Waals surface area contributed by atoms with Gasteiger partial charge in [-0.1, -0.05) is 54.1 Å². The van der Waals surface area contributed by atoms with Gasteiger partial charge >= 0.3 is 0 Å². The SMILES string of the molecule is COc1ccc(NC(=O)CSc2ccc(NC(=O)/C(=C/c3ccccc3C)NC(=O)c3ccccc3)cc2)cc1Cl. The highest BCUT2D eigenvalue weighted by Crippen LogP contribution is 2.27. The minimum absolute atomic E-state index is 0.113. The molecule has 41 heavy (non-hydrogen) atoms. The van der Waals surface area contributed by atoms with Crippen LogP contribution in [0.1, 0.15) is 21.5 Å². The number of ether oxygens (including phenoxy) is 1. The van der Waals surface area contributed by atoms with Crippen molar-refractivity contribution in [1.82, 2.24) is 5.32 Å². The number of thioether (sulfide) groups is 1. The quantitative estimate of drug-likeness (QED) is 0.140. The maximum absolute atomic E-state index is 13.3. The van der Waals surface area contributed by atoms with E-state index in [2.05, 4.69) is 16.0 Å². The van der Waals surface area contributed by atoms with E-state index < -0.39 is 5.91 Å². The number of nitrogens with one attached hydrogen (secondary N) is 3. The molecule has 4 aromatic carbocycles. The normalized spacial score (nSPS) is 11.0. The second kappa shape index (κ2) is 14.2. The van der Waals surface area contributed by atoms with Crippen molar-refractivity contribution in [2.75, 3.05) is 23.5 Å². The molecule has 7 nitrogen and oxygen atoms in total. The van der Waals surface area contributed by atoms with Crippen molar-refractivity contribution in [2.45, 2.75) is 11.8 Å². The van der Waals surface area contributed by atoms with E-state index in [9.17, 15) is 14.4 Å². The summed E-state index contributed by atoms with van der Waals surface area (Å²) in [7, 11) is 1.53. The van der Waals surface area contributed by atoms with E-state index in [1.807, 2.05) is 49.4 Å². The number of carbonyl (C=O) groups excluding carboxylic acids is 3. The fraction of sp³-hybridized carbons (Fsp3) is 0.0938. The van der Waals surface area contributed by atoms with E-state index in [1.54, 1.807) is 60.7 Å². The van der Waals surface area contributed by atoms with Crippen molar-refractivity contribution in [2.24, 2.45) is 0 Å². The molecule has 0 aliphatic carbocycles. The van der Waals surface area contributed by atoms with Crippen LogP contribution in [0.5, 0.6) is 5.75 Å². The van der Waals surface area contributed by atoms with Gasteiger partial charge in [-0.2, -0.15) is 0 Å². The Morgan fingerprint density at radius 2 is 1.54 bits per heavy atom. The molecule has 0 aliphatic heterocycles. The van der Waals surface area contributed by atoms with Crippen LogP contribution >= 0.6 is 23.4 Å². The summed E-state index contributed by atoms with van der Waals surface area (Å²) < 4.78 is 5.13. The third-order valence-corrected chi connectivity index (χ3v) is 7.24. The van der Waals surface area contributed by atoms with Crippen molar-refractivity contribution < 1.29 is 19.1 Å². The first-order valence-electron chi connectivity index (χ1n) is 12.6. The Balaban J connectivity index is 1.39. The zero-order valence-electron chi connectivity index (χ0n) is 22.4. The van der Waals surface area contributed by atoms with Crippen LogP contribution in [0.15, 0.2) is 108 Å². The van der Waals surface area contributed by atoms with Crippen LogP contribution < -0.4 is 20.7 Å². The molecule has 0 aliphatic rings. The van der Waals surface area contributed by atoms with Crippen LogP contribution in [0.3, 0.4) is 0 Å². The number of methoxy groups -OCH3 is 1. The Hall–Kier alpha value is -4.53. The van der Waals surface area contributed by atoms with Crippen molar-refractivity contribution in [3.63, 3.8) is 0 Å². The highest BCUT2D eigenvalue weighted by molar-refractivity contribution is 8.00. The summed E-state index contributed by atoms with van der Waals surface area (Å²) in [6.07, 6.45) is 1.66. The Morgan fingerprint density at radius 1 is 0.854 bits per heavy atom. The second-order valence-electron chi connectivity index (χ2n) is 8.90. The van der Waals surface area contributed by atoms with Gasteiger partial charge in [0.05, 0.1) is 17.9 Å². The van der Waals surface area contributed by atoms with E-state index >= 15 is 0 Å². The van der Waals surface area contributed by atoms with Crippen molar-refractivity contribution in [3.8, 4) is 5.75 Å². The van der Waals surface area contributed by atoms with Gasteiger partial charge in [0.15, 0.2) is 0 Å². The molecule has 208 valence electrons. The third kappa shape index (κ3) is 8.48. The number of hydrogen-bond acceptors (Lipinski definition) is 5. The van der Waals surface area contributed by atoms with Crippen LogP contribution in [0.25, 0.3) is 6.08 Å². The first kappa shape index (κ1) is 29.5. The third-order valence-electron chi connectivity index (χ3n) is 5.93. The monoisotopic (exact) mass is 585 g/mol. The second-order valence-corrected chi connectivity index (χ2v) is 10.4. The fourth-order valence-corrected chi connectivity index (χ4v) is 4.73. The van der Waals surface area contributed by atoms with Gasteiger partial charge in [0.2, 0.25) is 5.91 Å². The van der Waals surface area contributed by atoms with Gasteiger partial charge < -0.3 is 20.7 Å². The van der Waals surface area contributed by atoms with Crippen molar-refractivity contribution >= 4 is 58.5 Å². The summed E-state index contributed by atoms with van der Waals surface area (Å²) in [5.41, 5.74) is 3.45. The van der Waals surface area contributed by atoms with E-state index in [1.165, 1.54) is 18.9 Å². The highest BCUT2D eigenvalue weighted by Gasteiger charge is 2.16. The lowest BCUT2D eigenvalue weighted by Gasteiger charge is -2.12. The molecule has 0 saturated carbocycles. The summed E-state index contributed by atoms with van der Waals surface area (Å²) in [6, 6.07) is 28.4. The Morgan fingerprint density at radius 3 is 2.22 bits per heavy atom. The van der Waals surface area contributed by atoms with E-state index in [0.29, 0.717) is 27.7 Å². The zero-order valence-corrected chi connectivity index (χ0v) is 24.0. The smallest absolute Gasteiger partial charge is 0.272 e. The van der Waals surface area contributed by atoms with Gasteiger partial charge in [0, 0.05) is 21.8 Å². The Bertz CT molecular complexity index is 1570. The molecular weight excluding hydrogens is 558 g/mol. The number of aryl methyl sites for hydroxylation is 1. The number of anilines is 2. The lowest BCUT2D eigenvalue weighted by Crippen LogP contribution is -2.30. The number of halogens is 1. The summed E-state index contributed by atoms with van der Waals surface area (Å²) >= 11 is 7.47. The molecule has 0 fully saturated rings. The topological polar surface area (TPSA) is 96.5 Å². The molecule has 0 unspecified atom stereocenters. The number of rotatable bonds is 10. The lowest BCUT2D eigenvalue weighted by atomic mass is 10.1. The van der Waals surface area contributed by atoms with Crippen LogP contribution in [-0.2, 0) is 9.59 Å². The first-order valence-corrected chi connectivity index (χ1v) is 14.0. The molecular formula is C32H28ClN3O4S. The molecule has 4 rings (SSSR count).